The van der Waals surface area contributed by atoms with Gasteiger partial charge in [-0.05, 0) is 74.6 Å². The summed E-state index contributed by atoms with van der Waals surface area (Å²) >= 11 is 0. The molecule has 0 radical (unpaired) electrons. The lowest BCUT2D eigenvalue weighted by Gasteiger charge is -2.09. The molecule has 0 spiro atoms. The maximum atomic E-state index is 5.44. The Morgan fingerprint density at radius 2 is 0.667 bits per heavy atom. The SMILES string of the molecule is COc1ccccc1CCCCCCCNNCCCCCCCCNNCCCCCCCc1ccccc1OC. The molecule has 0 aliphatic heterocycles. The number of unbranched alkanes of at least 4 members (excludes halogenated alkanes) is 13. The first-order valence-corrected chi connectivity index (χ1v) is 17.0. The van der Waals surface area contributed by atoms with Crippen LogP contribution >= 0.6 is 0 Å². The fourth-order valence-corrected chi connectivity index (χ4v) is 5.42. The maximum absolute atomic E-state index is 5.44. The third-order valence-electron chi connectivity index (χ3n) is 7.98. The minimum absolute atomic E-state index is 1.03. The molecule has 0 atom stereocenters. The van der Waals surface area contributed by atoms with Gasteiger partial charge in [-0.15, -0.1) is 0 Å². The predicted molar refractivity (Wildman–Crippen MR) is 179 cm³/mol. The van der Waals surface area contributed by atoms with Crippen molar-refractivity contribution in [3.05, 3.63) is 59.7 Å². The first-order chi connectivity index (χ1) is 20.8. The minimum atomic E-state index is 1.03. The lowest BCUT2D eigenvalue weighted by atomic mass is 10.0. The van der Waals surface area contributed by atoms with Crippen LogP contribution in [0.25, 0.3) is 0 Å². The van der Waals surface area contributed by atoms with Crippen LogP contribution in [0.1, 0.15) is 114 Å². The highest BCUT2D eigenvalue weighted by Crippen LogP contribution is 2.21. The van der Waals surface area contributed by atoms with E-state index < -0.39 is 0 Å². The van der Waals surface area contributed by atoms with Crippen LogP contribution in [0, 0.1) is 0 Å². The third-order valence-corrected chi connectivity index (χ3v) is 7.98. The van der Waals surface area contributed by atoms with Crippen molar-refractivity contribution in [1.29, 1.82) is 0 Å². The molecule has 0 bridgehead atoms. The maximum Gasteiger partial charge on any atom is 0.122 e. The van der Waals surface area contributed by atoms with Crippen LogP contribution in [-0.4, -0.2) is 40.4 Å². The number of nitrogens with one attached hydrogen (secondary N) is 4. The second-order valence-corrected chi connectivity index (χ2v) is 11.5. The molecule has 0 saturated heterocycles. The molecule has 0 aliphatic carbocycles. The van der Waals surface area contributed by atoms with Gasteiger partial charge in [0.15, 0.2) is 0 Å². The van der Waals surface area contributed by atoms with Gasteiger partial charge in [0.1, 0.15) is 11.5 Å². The van der Waals surface area contributed by atoms with E-state index in [0.29, 0.717) is 0 Å². The van der Waals surface area contributed by atoms with Gasteiger partial charge in [0, 0.05) is 26.2 Å². The van der Waals surface area contributed by atoms with Crippen LogP contribution in [0.3, 0.4) is 0 Å². The topological polar surface area (TPSA) is 66.6 Å². The first kappa shape index (κ1) is 36.1. The summed E-state index contributed by atoms with van der Waals surface area (Å²) in [5.74, 6) is 2.05. The van der Waals surface area contributed by atoms with Gasteiger partial charge in [0.25, 0.3) is 0 Å². The highest BCUT2D eigenvalue weighted by Gasteiger charge is 2.02. The predicted octanol–water partition coefficient (Wildman–Crippen LogP) is 7.92. The van der Waals surface area contributed by atoms with Crippen LogP contribution in [0.5, 0.6) is 11.5 Å². The quantitative estimate of drug-likeness (QED) is 0.0577. The number of rotatable bonds is 29. The first-order valence-electron chi connectivity index (χ1n) is 17.0. The summed E-state index contributed by atoms with van der Waals surface area (Å²) in [5, 5.41) is 0. The Bertz CT molecular complexity index is 807. The van der Waals surface area contributed by atoms with E-state index >= 15 is 0 Å². The molecule has 0 saturated carbocycles. The third kappa shape index (κ3) is 18.4. The second kappa shape index (κ2) is 26.5. The van der Waals surface area contributed by atoms with E-state index in [1.54, 1.807) is 14.2 Å². The second-order valence-electron chi connectivity index (χ2n) is 11.5. The molecular formula is C36H62N4O2. The van der Waals surface area contributed by atoms with E-state index in [4.69, 9.17) is 9.47 Å². The number of hydrogen-bond donors (Lipinski definition) is 4. The van der Waals surface area contributed by atoms with Crippen LogP contribution in [-0.2, 0) is 12.8 Å². The molecule has 0 amide bonds. The zero-order chi connectivity index (χ0) is 29.8. The van der Waals surface area contributed by atoms with Crippen molar-refractivity contribution in [2.24, 2.45) is 0 Å². The van der Waals surface area contributed by atoms with E-state index in [1.165, 1.54) is 114 Å². The average Bonchev–Trinajstić information content (AvgIpc) is 3.03. The summed E-state index contributed by atoms with van der Waals surface area (Å²) in [6.45, 7) is 4.29. The standard InChI is InChI=1S/C36H62N4O2/c1-41-35-27-17-15-25-33(35)23-13-7-5-11-21-31-39-37-29-19-9-3-4-10-20-30-38-40-32-22-12-6-8-14-24-34-26-16-18-28-36(34)42-2/h15-18,25-28,37-40H,3-14,19-24,29-32H2,1-2H3. The monoisotopic (exact) mass is 582 g/mol. The Morgan fingerprint density at radius 1 is 0.381 bits per heavy atom. The van der Waals surface area contributed by atoms with Gasteiger partial charge in [0.2, 0.25) is 0 Å². The number of aryl methyl sites for hydroxylation is 2. The minimum Gasteiger partial charge on any atom is -0.496 e. The summed E-state index contributed by atoms with van der Waals surface area (Å²) in [5.41, 5.74) is 16.2. The number of hydrazine groups is 2. The van der Waals surface area contributed by atoms with Crippen molar-refractivity contribution in [1.82, 2.24) is 21.7 Å². The molecule has 2 rings (SSSR count). The van der Waals surface area contributed by atoms with Gasteiger partial charge in [-0.3, -0.25) is 21.7 Å². The van der Waals surface area contributed by atoms with E-state index in [1.807, 2.05) is 12.1 Å². The largest absolute Gasteiger partial charge is 0.496 e. The van der Waals surface area contributed by atoms with E-state index in [2.05, 4.69) is 58.1 Å². The Balaban J connectivity index is 1.21. The number of para-hydroxylation sites is 2. The zero-order valence-corrected chi connectivity index (χ0v) is 27.0. The highest BCUT2D eigenvalue weighted by molar-refractivity contribution is 5.33. The summed E-state index contributed by atoms with van der Waals surface area (Å²) in [4.78, 5) is 0. The van der Waals surface area contributed by atoms with Gasteiger partial charge in [-0.1, -0.05) is 101 Å². The number of methoxy groups -OCH3 is 2. The molecule has 0 unspecified atom stereocenters. The lowest BCUT2D eigenvalue weighted by Crippen LogP contribution is -2.33. The molecular weight excluding hydrogens is 520 g/mol. The molecule has 6 heteroatoms. The van der Waals surface area contributed by atoms with Crippen LogP contribution in [0.4, 0.5) is 0 Å². The molecule has 42 heavy (non-hydrogen) atoms. The van der Waals surface area contributed by atoms with Crippen LogP contribution in [0.15, 0.2) is 48.5 Å². The van der Waals surface area contributed by atoms with Gasteiger partial charge in [-0.2, -0.15) is 0 Å². The number of hydrogen-bond acceptors (Lipinski definition) is 6. The summed E-state index contributed by atoms with van der Waals surface area (Å²) in [6, 6.07) is 16.8. The van der Waals surface area contributed by atoms with Crippen molar-refractivity contribution < 1.29 is 9.47 Å². The van der Waals surface area contributed by atoms with Crippen molar-refractivity contribution >= 4 is 0 Å². The van der Waals surface area contributed by atoms with Gasteiger partial charge >= 0.3 is 0 Å². The van der Waals surface area contributed by atoms with Gasteiger partial charge in [-0.25, -0.2) is 0 Å². The van der Waals surface area contributed by atoms with Crippen LogP contribution in [0.2, 0.25) is 0 Å². The molecule has 2 aromatic carbocycles. The van der Waals surface area contributed by atoms with Crippen molar-refractivity contribution in [3.63, 3.8) is 0 Å². The van der Waals surface area contributed by atoms with E-state index in [0.717, 1.165) is 50.5 Å². The van der Waals surface area contributed by atoms with Gasteiger partial charge in [0.05, 0.1) is 14.2 Å². The smallest absolute Gasteiger partial charge is 0.122 e. The van der Waals surface area contributed by atoms with Crippen LogP contribution < -0.4 is 31.2 Å². The molecule has 0 fully saturated rings. The fraction of sp³-hybridized carbons (Fsp3) is 0.667. The van der Waals surface area contributed by atoms with E-state index in [-0.39, 0.29) is 0 Å². The number of benzene rings is 2. The average molecular weight is 583 g/mol. The summed E-state index contributed by atoms with van der Waals surface area (Å²) in [7, 11) is 3.52. The Kier molecular flexibility index (Phi) is 22.8. The van der Waals surface area contributed by atoms with E-state index in [9.17, 15) is 0 Å². The highest BCUT2D eigenvalue weighted by atomic mass is 16.5. The van der Waals surface area contributed by atoms with Gasteiger partial charge < -0.3 is 9.47 Å². The molecule has 4 N–H and O–H groups in total. The fourth-order valence-electron chi connectivity index (χ4n) is 5.42. The molecule has 0 aromatic heterocycles. The molecule has 0 heterocycles. The normalized spacial score (nSPS) is 11.2. The lowest BCUT2D eigenvalue weighted by molar-refractivity contribution is 0.408. The van der Waals surface area contributed by atoms with Crippen molar-refractivity contribution in [3.8, 4) is 11.5 Å². The van der Waals surface area contributed by atoms with Crippen molar-refractivity contribution in [2.45, 2.75) is 116 Å². The molecule has 2 aromatic rings. The Morgan fingerprint density at radius 3 is 1.00 bits per heavy atom. The zero-order valence-electron chi connectivity index (χ0n) is 27.0. The Hall–Kier alpha value is -2.12. The Labute approximate surface area is 258 Å². The molecule has 6 nitrogen and oxygen atoms in total. The molecule has 0 aliphatic rings. The van der Waals surface area contributed by atoms with Crippen molar-refractivity contribution in [2.75, 3.05) is 40.4 Å². The summed E-state index contributed by atoms with van der Waals surface area (Å²) < 4.78 is 10.9. The molecule has 238 valence electrons. The summed E-state index contributed by atoms with van der Waals surface area (Å²) in [6.07, 6.45) is 22.9. The number of ether oxygens (including phenoxy) is 2.